The number of benzene rings is 1. The minimum atomic E-state index is -2.69. The molecule has 1 aromatic carbocycles. The monoisotopic (exact) mass is 334 g/mol. The van der Waals surface area contributed by atoms with Crippen molar-refractivity contribution in [1.29, 1.82) is 0 Å². The zero-order chi connectivity index (χ0) is 17.3. The fraction of sp³-hybridized carbons (Fsp3) is 0.556. The quantitative estimate of drug-likeness (QED) is 0.741. The second-order valence-corrected chi connectivity index (χ2v) is 7.52. The van der Waals surface area contributed by atoms with Gasteiger partial charge in [-0.05, 0) is 37.3 Å². The van der Waals surface area contributed by atoms with Gasteiger partial charge in [-0.1, -0.05) is 23.8 Å². The summed E-state index contributed by atoms with van der Waals surface area (Å²) in [5.41, 5.74) is 0.895. The first-order chi connectivity index (χ1) is 11.2. The molecule has 24 heavy (non-hydrogen) atoms. The standard InChI is InChI=1S/C18H20F2N2O2/c1-11-3-4-12-10-16(5-7-17(19,20)8-6-16)18(13(12)9-11)14(23)22(2)15(24)21-18/h3-4,9H,5-8,10H2,1-2H3,(H,21,24). The van der Waals surface area contributed by atoms with Gasteiger partial charge in [0.05, 0.1) is 0 Å². The number of likely N-dealkylation sites (N-methyl/N-ethyl adjacent to an activating group) is 1. The Bertz CT molecular complexity index is 751. The average Bonchev–Trinajstić information content (AvgIpc) is 2.92. The molecule has 0 aromatic heterocycles. The van der Waals surface area contributed by atoms with E-state index >= 15 is 0 Å². The predicted molar refractivity (Wildman–Crippen MR) is 83.7 cm³/mol. The van der Waals surface area contributed by atoms with E-state index in [0.29, 0.717) is 6.42 Å². The van der Waals surface area contributed by atoms with E-state index in [9.17, 15) is 18.4 Å². The minimum Gasteiger partial charge on any atom is -0.319 e. The number of rotatable bonds is 0. The number of halogens is 2. The lowest BCUT2D eigenvalue weighted by atomic mass is 9.61. The van der Waals surface area contributed by atoms with Gasteiger partial charge >= 0.3 is 6.03 Å². The number of carbonyl (C=O) groups excluding carboxylic acids is 2. The van der Waals surface area contributed by atoms with Crippen LogP contribution in [0.5, 0.6) is 0 Å². The van der Waals surface area contributed by atoms with E-state index in [1.165, 1.54) is 7.05 Å². The molecular formula is C18H20F2N2O2. The van der Waals surface area contributed by atoms with Gasteiger partial charge in [-0.3, -0.25) is 9.69 Å². The Morgan fingerprint density at radius 3 is 2.38 bits per heavy atom. The van der Waals surface area contributed by atoms with E-state index in [2.05, 4.69) is 5.32 Å². The van der Waals surface area contributed by atoms with Crippen molar-refractivity contribution < 1.29 is 18.4 Å². The molecule has 4 rings (SSSR count). The Morgan fingerprint density at radius 2 is 1.79 bits per heavy atom. The number of urea groups is 1. The Balaban J connectivity index is 1.90. The smallest absolute Gasteiger partial charge is 0.319 e. The van der Waals surface area contributed by atoms with E-state index in [1.54, 1.807) is 0 Å². The fourth-order valence-corrected chi connectivity index (χ4v) is 4.81. The zero-order valence-corrected chi connectivity index (χ0v) is 13.8. The van der Waals surface area contributed by atoms with Crippen LogP contribution in [0, 0.1) is 12.3 Å². The van der Waals surface area contributed by atoms with Crippen LogP contribution in [0.1, 0.15) is 42.4 Å². The highest BCUT2D eigenvalue weighted by Crippen LogP contribution is 2.61. The molecule has 128 valence electrons. The lowest BCUT2D eigenvalue weighted by Crippen LogP contribution is -2.57. The molecular weight excluding hydrogens is 314 g/mol. The minimum absolute atomic E-state index is 0.230. The molecule has 3 aliphatic rings. The summed E-state index contributed by atoms with van der Waals surface area (Å²) in [7, 11) is 1.45. The molecule has 1 N–H and O–H groups in total. The molecule has 2 fully saturated rings. The van der Waals surface area contributed by atoms with Gasteiger partial charge in [0.1, 0.15) is 0 Å². The molecule has 1 saturated heterocycles. The summed E-state index contributed by atoms with van der Waals surface area (Å²) in [5, 5.41) is 2.89. The molecule has 0 bridgehead atoms. The van der Waals surface area contributed by atoms with Crippen LogP contribution in [0.15, 0.2) is 18.2 Å². The lowest BCUT2D eigenvalue weighted by Gasteiger charge is -2.46. The van der Waals surface area contributed by atoms with Gasteiger partial charge in [-0.25, -0.2) is 13.6 Å². The number of carbonyl (C=O) groups is 2. The highest BCUT2D eigenvalue weighted by molar-refractivity contribution is 6.08. The summed E-state index contributed by atoms with van der Waals surface area (Å²) in [6.45, 7) is 1.93. The molecule has 1 unspecified atom stereocenters. The SMILES string of the molecule is Cc1ccc2c(c1)C1(NC(=O)N(C)C1=O)C1(CCC(F)(F)CC1)C2. The summed E-state index contributed by atoms with van der Waals surface area (Å²) in [5.74, 6) is -3.00. The van der Waals surface area contributed by atoms with Crippen LogP contribution in [0.3, 0.4) is 0 Å². The first-order valence-electron chi connectivity index (χ1n) is 8.29. The first kappa shape index (κ1) is 15.5. The molecule has 6 heteroatoms. The van der Waals surface area contributed by atoms with Crippen molar-refractivity contribution in [2.75, 3.05) is 7.05 Å². The van der Waals surface area contributed by atoms with Crippen LogP contribution in [0.4, 0.5) is 13.6 Å². The lowest BCUT2D eigenvalue weighted by molar-refractivity contribution is -0.141. The number of imide groups is 1. The summed E-state index contributed by atoms with van der Waals surface area (Å²) in [6.07, 6.45) is 0.531. The van der Waals surface area contributed by atoms with E-state index in [4.69, 9.17) is 0 Å². The molecule has 3 amide bonds. The molecule has 2 spiro atoms. The average molecular weight is 334 g/mol. The maximum Gasteiger partial charge on any atom is 0.325 e. The van der Waals surface area contributed by atoms with Gasteiger partial charge in [0.15, 0.2) is 5.54 Å². The van der Waals surface area contributed by atoms with Crippen molar-refractivity contribution in [2.45, 2.75) is 50.5 Å². The predicted octanol–water partition coefficient (Wildman–Crippen LogP) is 3.12. The van der Waals surface area contributed by atoms with Crippen molar-refractivity contribution in [3.05, 3.63) is 34.9 Å². The molecule has 1 aliphatic heterocycles. The zero-order valence-electron chi connectivity index (χ0n) is 13.8. The van der Waals surface area contributed by atoms with E-state index in [-0.39, 0.29) is 31.6 Å². The van der Waals surface area contributed by atoms with E-state index < -0.39 is 22.9 Å². The maximum absolute atomic E-state index is 13.8. The Kier molecular flexibility index (Phi) is 2.95. The highest BCUT2D eigenvalue weighted by atomic mass is 19.3. The number of amides is 3. The Morgan fingerprint density at radius 1 is 1.12 bits per heavy atom. The largest absolute Gasteiger partial charge is 0.325 e. The number of nitrogens with one attached hydrogen (secondary N) is 1. The van der Waals surface area contributed by atoms with Gasteiger partial charge in [0, 0.05) is 25.3 Å². The number of alkyl halides is 2. The third-order valence-electron chi connectivity index (χ3n) is 6.16. The third kappa shape index (κ3) is 1.77. The second kappa shape index (κ2) is 4.55. The molecule has 2 aliphatic carbocycles. The van der Waals surface area contributed by atoms with Crippen molar-refractivity contribution in [3.8, 4) is 0 Å². The molecule has 1 aromatic rings. The van der Waals surface area contributed by atoms with E-state index in [0.717, 1.165) is 21.6 Å². The van der Waals surface area contributed by atoms with Crippen molar-refractivity contribution in [1.82, 2.24) is 10.2 Å². The molecule has 1 atom stereocenters. The van der Waals surface area contributed by atoms with Crippen LogP contribution < -0.4 is 5.32 Å². The molecule has 1 heterocycles. The van der Waals surface area contributed by atoms with Crippen molar-refractivity contribution in [2.24, 2.45) is 5.41 Å². The number of hydrogen-bond donors (Lipinski definition) is 1. The van der Waals surface area contributed by atoms with Crippen molar-refractivity contribution >= 4 is 11.9 Å². The maximum atomic E-state index is 13.8. The van der Waals surface area contributed by atoms with Crippen LogP contribution >= 0.6 is 0 Å². The number of fused-ring (bicyclic) bond motifs is 3. The molecule has 0 radical (unpaired) electrons. The molecule has 4 nitrogen and oxygen atoms in total. The van der Waals surface area contributed by atoms with Crippen molar-refractivity contribution in [3.63, 3.8) is 0 Å². The van der Waals surface area contributed by atoms with Crippen LogP contribution in [0.25, 0.3) is 0 Å². The summed E-state index contributed by atoms with van der Waals surface area (Å²) in [4.78, 5) is 26.4. The van der Waals surface area contributed by atoms with Crippen LogP contribution in [0.2, 0.25) is 0 Å². The van der Waals surface area contributed by atoms with Crippen LogP contribution in [-0.2, 0) is 16.8 Å². The summed E-state index contributed by atoms with van der Waals surface area (Å²) in [6, 6.07) is 5.40. The summed E-state index contributed by atoms with van der Waals surface area (Å²) < 4.78 is 27.6. The van der Waals surface area contributed by atoms with Gasteiger partial charge in [0.25, 0.3) is 5.91 Å². The topological polar surface area (TPSA) is 49.4 Å². The Labute approximate surface area is 139 Å². The van der Waals surface area contributed by atoms with Gasteiger partial charge < -0.3 is 5.32 Å². The number of aryl methyl sites for hydroxylation is 1. The fourth-order valence-electron chi connectivity index (χ4n) is 4.81. The second-order valence-electron chi connectivity index (χ2n) is 7.52. The molecule has 1 saturated carbocycles. The number of nitrogens with zero attached hydrogens (tertiary/aromatic N) is 1. The third-order valence-corrected chi connectivity index (χ3v) is 6.16. The van der Waals surface area contributed by atoms with E-state index in [1.807, 2.05) is 25.1 Å². The highest BCUT2D eigenvalue weighted by Gasteiger charge is 2.68. The van der Waals surface area contributed by atoms with Gasteiger partial charge in [-0.2, -0.15) is 0 Å². The Hall–Kier alpha value is -1.98. The van der Waals surface area contributed by atoms with Gasteiger partial charge in [-0.15, -0.1) is 0 Å². The van der Waals surface area contributed by atoms with Crippen LogP contribution in [-0.4, -0.2) is 29.8 Å². The number of hydrogen-bond acceptors (Lipinski definition) is 2. The van der Waals surface area contributed by atoms with Gasteiger partial charge in [0.2, 0.25) is 5.92 Å². The first-order valence-corrected chi connectivity index (χ1v) is 8.29. The normalized spacial score (nSPS) is 30.1. The summed E-state index contributed by atoms with van der Waals surface area (Å²) >= 11 is 0.